The number of ether oxygens (including phenoxy) is 1. The number of aliphatic hydroxyl groups excluding tert-OH is 2. The molecule has 6 heteroatoms. The van der Waals surface area contributed by atoms with Gasteiger partial charge in [-0.25, -0.2) is 0 Å². The fourth-order valence-corrected chi connectivity index (χ4v) is 11.1. The van der Waals surface area contributed by atoms with Gasteiger partial charge in [0.25, 0.3) is 0 Å². The smallest absolute Gasteiger partial charge is 0.305 e. The third kappa shape index (κ3) is 63.4. The van der Waals surface area contributed by atoms with Crippen molar-refractivity contribution >= 4 is 11.9 Å². The summed E-state index contributed by atoms with van der Waals surface area (Å²) in [5.41, 5.74) is 0. The van der Waals surface area contributed by atoms with Crippen molar-refractivity contribution in [3.63, 3.8) is 0 Å². The Balaban J connectivity index is 3.38. The molecule has 0 rings (SSSR count). The van der Waals surface area contributed by atoms with E-state index < -0.39 is 12.1 Å². The molecule has 6 nitrogen and oxygen atoms in total. The molecule has 0 heterocycles. The zero-order valence-corrected chi connectivity index (χ0v) is 52.2. The van der Waals surface area contributed by atoms with Gasteiger partial charge in [-0.05, 0) is 57.8 Å². The van der Waals surface area contributed by atoms with Crippen LogP contribution in [0, 0.1) is 0 Å². The minimum atomic E-state index is -0.844. The van der Waals surface area contributed by atoms with Gasteiger partial charge in [-0.15, -0.1) is 0 Å². The summed E-state index contributed by atoms with van der Waals surface area (Å²) in [4.78, 5) is 24.6. The third-order valence-electron chi connectivity index (χ3n) is 16.5. The van der Waals surface area contributed by atoms with Crippen molar-refractivity contribution in [3.8, 4) is 0 Å². The number of carbonyl (C=O) groups excluding carboxylic acids is 2. The molecule has 0 saturated heterocycles. The van der Waals surface area contributed by atoms with E-state index in [-0.39, 0.29) is 18.5 Å². The highest BCUT2D eigenvalue weighted by atomic mass is 16.5. The molecule has 456 valence electrons. The monoisotopic (exact) mass is 1080 g/mol. The number of aliphatic hydroxyl groups is 2. The second-order valence-corrected chi connectivity index (χ2v) is 24.2. The molecule has 0 aliphatic carbocycles. The van der Waals surface area contributed by atoms with Gasteiger partial charge in [0.15, 0.2) is 0 Å². The molecule has 0 aromatic heterocycles. The van der Waals surface area contributed by atoms with Crippen LogP contribution in [0.4, 0.5) is 0 Å². The molecule has 0 aliphatic heterocycles. The third-order valence-corrected chi connectivity index (χ3v) is 16.5. The highest BCUT2D eigenvalue weighted by molar-refractivity contribution is 5.76. The molecule has 0 aromatic carbocycles. The van der Waals surface area contributed by atoms with Crippen LogP contribution in [0.2, 0.25) is 0 Å². The maximum absolute atomic E-state index is 12.5. The van der Waals surface area contributed by atoms with E-state index in [2.05, 4.69) is 31.3 Å². The van der Waals surface area contributed by atoms with E-state index in [9.17, 15) is 19.8 Å². The van der Waals surface area contributed by atoms with E-state index >= 15 is 0 Å². The largest absolute Gasteiger partial charge is 0.466 e. The standard InChI is InChI=1S/C71H137NO5/c1-3-5-7-9-11-13-15-17-19-21-29-32-35-39-43-47-51-55-59-63-69(74)68(67-73)72-70(75)64-60-56-52-48-44-40-36-33-30-27-25-23-22-24-26-28-31-34-38-42-46-50-54-58-62-66-77-71(76)65-61-57-53-49-45-41-37-20-18-16-14-12-10-8-6-4-2/h20,37,59,63,68-69,73-74H,3-19,21-36,38-58,60-62,64-67H2,1-2H3,(H,72,75)/b37-20-,63-59+. The SMILES string of the molecule is CCCCCCCCC/C=C\CCCCCCCC(=O)OCCCCCCCCCCCCCCCCCCCCCCCCCCCC(=O)NC(CO)C(O)/C=C/CCCCCCCCCCCCCCCCCCC. The summed E-state index contributed by atoms with van der Waals surface area (Å²) >= 11 is 0. The Hall–Kier alpha value is -1.66. The molecule has 0 fully saturated rings. The predicted molar refractivity (Wildman–Crippen MR) is 338 cm³/mol. The molecule has 3 N–H and O–H groups in total. The molecule has 0 saturated carbocycles. The fraction of sp³-hybridized carbons (Fsp3) is 0.915. The van der Waals surface area contributed by atoms with E-state index in [1.165, 1.54) is 321 Å². The van der Waals surface area contributed by atoms with Crippen LogP contribution in [0.1, 0.15) is 393 Å². The number of rotatable bonds is 66. The molecule has 2 atom stereocenters. The van der Waals surface area contributed by atoms with E-state index in [1.807, 2.05) is 6.08 Å². The van der Waals surface area contributed by atoms with Crippen LogP contribution in [-0.2, 0) is 14.3 Å². The van der Waals surface area contributed by atoms with Crippen LogP contribution >= 0.6 is 0 Å². The van der Waals surface area contributed by atoms with Crippen molar-refractivity contribution in [1.82, 2.24) is 5.32 Å². The number of carbonyl (C=O) groups is 2. The molecule has 0 spiro atoms. The molecular formula is C71H137NO5. The van der Waals surface area contributed by atoms with Crippen LogP contribution in [0.25, 0.3) is 0 Å². The minimum absolute atomic E-state index is 0.00933. The van der Waals surface area contributed by atoms with Gasteiger partial charge in [-0.3, -0.25) is 9.59 Å². The van der Waals surface area contributed by atoms with Crippen LogP contribution in [-0.4, -0.2) is 47.4 Å². The van der Waals surface area contributed by atoms with Gasteiger partial charge in [0, 0.05) is 12.8 Å². The average Bonchev–Trinajstić information content (AvgIpc) is 3.43. The molecule has 0 bridgehead atoms. The zero-order chi connectivity index (χ0) is 55.7. The number of hydrogen-bond donors (Lipinski definition) is 3. The Morgan fingerprint density at radius 1 is 0.351 bits per heavy atom. The summed E-state index contributed by atoms with van der Waals surface area (Å²) in [6.45, 7) is 4.94. The van der Waals surface area contributed by atoms with Crippen LogP contribution in [0.15, 0.2) is 24.3 Å². The first-order valence-corrected chi connectivity index (χ1v) is 35.1. The van der Waals surface area contributed by atoms with Gasteiger partial charge >= 0.3 is 5.97 Å². The minimum Gasteiger partial charge on any atom is -0.466 e. The Labute approximate surface area is 481 Å². The summed E-state index contributed by atoms with van der Waals surface area (Å²) < 4.78 is 5.50. The van der Waals surface area contributed by atoms with Crippen molar-refractivity contribution < 1.29 is 24.5 Å². The lowest BCUT2D eigenvalue weighted by Gasteiger charge is -2.20. The summed E-state index contributed by atoms with van der Waals surface area (Å²) in [6.07, 6.45) is 83.9. The van der Waals surface area contributed by atoms with E-state index in [4.69, 9.17) is 4.74 Å². The van der Waals surface area contributed by atoms with Crippen LogP contribution < -0.4 is 5.32 Å². The van der Waals surface area contributed by atoms with E-state index in [0.29, 0.717) is 19.4 Å². The number of amides is 1. The number of hydrogen-bond acceptors (Lipinski definition) is 5. The van der Waals surface area contributed by atoms with Crippen molar-refractivity contribution in [2.24, 2.45) is 0 Å². The van der Waals surface area contributed by atoms with E-state index in [1.54, 1.807) is 6.08 Å². The summed E-state index contributed by atoms with van der Waals surface area (Å²) in [7, 11) is 0. The van der Waals surface area contributed by atoms with Gasteiger partial charge in [-0.2, -0.15) is 0 Å². The maximum atomic E-state index is 12.5. The molecule has 0 aliphatic rings. The lowest BCUT2D eigenvalue weighted by Crippen LogP contribution is -2.45. The first kappa shape index (κ1) is 75.3. The molecule has 2 unspecified atom stereocenters. The number of esters is 1. The fourth-order valence-electron chi connectivity index (χ4n) is 11.1. The summed E-state index contributed by atoms with van der Waals surface area (Å²) in [5.74, 6) is -0.0533. The lowest BCUT2D eigenvalue weighted by atomic mass is 10.0. The maximum Gasteiger partial charge on any atom is 0.305 e. The van der Waals surface area contributed by atoms with E-state index in [0.717, 1.165) is 44.9 Å². The topological polar surface area (TPSA) is 95.9 Å². The van der Waals surface area contributed by atoms with Crippen LogP contribution in [0.3, 0.4) is 0 Å². The van der Waals surface area contributed by atoms with Crippen molar-refractivity contribution in [2.75, 3.05) is 13.2 Å². The van der Waals surface area contributed by atoms with Gasteiger partial charge in [0.1, 0.15) is 0 Å². The molecular weight excluding hydrogens is 947 g/mol. The molecule has 77 heavy (non-hydrogen) atoms. The summed E-state index contributed by atoms with van der Waals surface area (Å²) in [6, 6.07) is -0.627. The van der Waals surface area contributed by atoms with Gasteiger partial charge in [-0.1, -0.05) is 346 Å². The molecule has 0 radical (unpaired) electrons. The first-order chi connectivity index (χ1) is 38.0. The van der Waals surface area contributed by atoms with Crippen molar-refractivity contribution in [3.05, 3.63) is 24.3 Å². The van der Waals surface area contributed by atoms with Crippen molar-refractivity contribution in [2.45, 2.75) is 405 Å². The molecule has 1 amide bonds. The van der Waals surface area contributed by atoms with Crippen molar-refractivity contribution in [1.29, 1.82) is 0 Å². The zero-order valence-electron chi connectivity index (χ0n) is 52.2. The Morgan fingerprint density at radius 3 is 0.922 bits per heavy atom. The lowest BCUT2D eigenvalue weighted by molar-refractivity contribution is -0.143. The Morgan fingerprint density at radius 2 is 0.610 bits per heavy atom. The first-order valence-electron chi connectivity index (χ1n) is 35.1. The van der Waals surface area contributed by atoms with Gasteiger partial charge < -0.3 is 20.3 Å². The number of nitrogens with one attached hydrogen (secondary N) is 1. The molecule has 0 aromatic rings. The Bertz CT molecular complexity index is 1200. The normalized spacial score (nSPS) is 12.6. The highest BCUT2D eigenvalue weighted by Crippen LogP contribution is 2.19. The summed E-state index contributed by atoms with van der Waals surface area (Å²) in [5, 5.41) is 23.2. The quantitative estimate of drug-likeness (QED) is 0.0320. The van der Waals surface area contributed by atoms with Gasteiger partial charge in [0.05, 0.1) is 25.4 Å². The Kier molecular flexibility index (Phi) is 65.4. The second kappa shape index (κ2) is 66.8. The number of allylic oxidation sites excluding steroid dienone is 3. The van der Waals surface area contributed by atoms with Crippen LogP contribution in [0.5, 0.6) is 0 Å². The predicted octanol–water partition coefficient (Wildman–Crippen LogP) is 22.5. The second-order valence-electron chi connectivity index (χ2n) is 24.2. The average molecular weight is 1080 g/mol. The number of unbranched alkanes of at least 4 members (excludes halogenated alkanes) is 53. The van der Waals surface area contributed by atoms with Gasteiger partial charge in [0.2, 0.25) is 5.91 Å². The highest BCUT2D eigenvalue weighted by Gasteiger charge is 2.18.